The van der Waals surface area contributed by atoms with E-state index in [0.29, 0.717) is 23.5 Å². The highest BCUT2D eigenvalue weighted by atomic mass is 16.5. The first-order valence-electron chi connectivity index (χ1n) is 8.34. The van der Waals surface area contributed by atoms with E-state index in [0.717, 1.165) is 25.7 Å². The van der Waals surface area contributed by atoms with Crippen molar-refractivity contribution in [3.8, 4) is 11.5 Å². The van der Waals surface area contributed by atoms with Gasteiger partial charge in [-0.15, -0.1) is 0 Å². The number of carbonyl (C=O) groups excluding carboxylic acids is 1. The van der Waals surface area contributed by atoms with Crippen LogP contribution in [-0.4, -0.2) is 48.2 Å². The van der Waals surface area contributed by atoms with Crippen LogP contribution in [0.4, 0.5) is 0 Å². The fourth-order valence-corrected chi connectivity index (χ4v) is 4.09. The zero-order valence-corrected chi connectivity index (χ0v) is 14.0. The van der Waals surface area contributed by atoms with Crippen LogP contribution in [0.1, 0.15) is 42.5 Å². The number of ether oxygens (including phenoxy) is 2. The molecule has 1 aliphatic carbocycles. The average molecular weight is 333 g/mol. The van der Waals surface area contributed by atoms with Crippen molar-refractivity contribution in [2.45, 2.75) is 44.2 Å². The van der Waals surface area contributed by atoms with Crippen molar-refractivity contribution in [1.29, 1.82) is 0 Å². The molecule has 1 heterocycles. The monoisotopic (exact) mass is 333 g/mol. The van der Waals surface area contributed by atoms with E-state index in [9.17, 15) is 14.7 Å². The number of carboxylic acids is 1. The van der Waals surface area contributed by atoms with Gasteiger partial charge in [0.25, 0.3) is 5.91 Å². The molecule has 1 aromatic rings. The van der Waals surface area contributed by atoms with Gasteiger partial charge < -0.3 is 19.5 Å². The Morgan fingerprint density at radius 3 is 2.58 bits per heavy atom. The molecule has 3 atom stereocenters. The van der Waals surface area contributed by atoms with Crippen molar-refractivity contribution >= 4 is 11.9 Å². The van der Waals surface area contributed by atoms with Gasteiger partial charge in [-0.1, -0.05) is 12.8 Å². The fourth-order valence-electron chi connectivity index (χ4n) is 4.09. The van der Waals surface area contributed by atoms with Gasteiger partial charge in [-0.05, 0) is 43.4 Å². The Morgan fingerprint density at radius 1 is 1.17 bits per heavy atom. The lowest BCUT2D eigenvalue weighted by Crippen LogP contribution is -2.46. The molecule has 6 nitrogen and oxygen atoms in total. The molecule has 0 spiro atoms. The first-order chi connectivity index (χ1) is 11.6. The maximum absolute atomic E-state index is 13.2. The van der Waals surface area contributed by atoms with Crippen LogP contribution < -0.4 is 9.47 Å². The second-order valence-corrected chi connectivity index (χ2v) is 6.48. The summed E-state index contributed by atoms with van der Waals surface area (Å²) in [6.45, 7) is 0. The van der Waals surface area contributed by atoms with Crippen molar-refractivity contribution in [3.05, 3.63) is 23.8 Å². The Balaban J connectivity index is 1.98. The van der Waals surface area contributed by atoms with Gasteiger partial charge in [-0.2, -0.15) is 0 Å². The average Bonchev–Trinajstić information content (AvgIpc) is 3.00. The second-order valence-electron chi connectivity index (χ2n) is 6.48. The Bertz CT molecular complexity index is 644. The molecule has 3 unspecified atom stereocenters. The molecule has 0 aromatic heterocycles. The Hall–Kier alpha value is -2.24. The standard InChI is InChI=1S/C18H23NO5/c1-23-12-7-8-16(24-2)13(10-12)17(20)19-14-6-4-3-5-11(14)9-15(19)18(21)22/h7-8,10-11,14-15H,3-6,9H2,1-2H3,(H,21,22). The molecular weight excluding hydrogens is 310 g/mol. The van der Waals surface area contributed by atoms with Crippen LogP contribution >= 0.6 is 0 Å². The number of rotatable bonds is 4. The third-order valence-electron chi connectivity index (χ3n) is 5.24. The smallest absolute Gasteiger partial charge is 0.326 e. The number of amides is 1. The number of fused-ring (bicyclic) bond motifs is 1. The van der Waals surface area contributed by atoms with E-state index in [2.05, 4.69) is 0 Å². The van der Waals surface area contributed by atoms with Gasteiger partial charge in [0.2, 0.25) is 0 Å². The van der Waals surface area contributed by atoms with Crippen LogP contribution in [-0.2, 0) is 4.79 Å². The summed E-state index contributed by atoms with van der Waals surface area (Å²) < 4.78 is 10.5. The van der Waals surface area contributed by atoms with Gasteiger partial charge in [0, 0.05) is 6.04 Å². The molecule has 1 aromatic carbocycles. The molecule has 1 aliphatic heterocycles. The van der Waals surface area contributed by atoms with Gasteiger partial charge >= 0.3 is 5.97 Å². The molecule has 1 amide bonds. The van der Waals surface area contributed by atoms with Crippen LogP contribution in [0, 0.1) is 5.92 Å². The summed E-state index contributed by atoms with van der Waals surface area (Å²) in [7, 11) is 3.03. The number of carboxylic acid groups (broad SMARTS) is 1. The molecule has 130 valence electrons. The summed E-state index contributed by atoms with van der Waals surface area (Å²) in [5.74, 6) is 0.0437. The number of methoxy groups -OCH3 is 2. The highest BCUT2D eigenvalue weighted by Gasteiger charge is 2.48. The first-order valence-corrected chi connectivity index (χ1v) is 8.34. The van der Waals surface area contributed by atoms with E-state index in [1.54, 1.807) is 23.1 Å². The third-order valence-corrected chi connectivity index (χ3v) is 5.24. The lowest BCUT2D eigenvalue weighted by atomic mass is 9.84. The van der Waals surface area contributed by atoms with Gasteiger partial charge in [0.05, 0.1) is 19.8 Å². The van der Waals surface area contributed by atoms with Crippen molar-refractivity contribution < 1.29 is 24.2 Å². The molecule has 1 saturated carbocycles. The van der Waals surface area contributed by atoms with Gasteiger partial charge in [0.15, 0.2) is 0 Å². The number of benzene rings is 1. The number of hydrogen-bond acceptors (Lipinski definition) is 4. The number of carbonyl (C=O) groups is 2. The maximum atomic E-state index is 13.2. The molecular formula is C18H23NO5. The van der Waals surface area contributed by atoms with Crippen LogP contribution in [0.3, 0.4) is 0 Å². The maximum Gasteiger partial charge on any atom is 0.326 e. The van der Waals surface area contributed by atoms with E-state index >= 15 is 0 Å². The highest BCUT2D eigenvalue weighted by Crippen LogP contribution is 2.41. The first kappa shape index (κ1) is 16.6. The third kappa shape index (κ3) is 2.81. The van der Waals surface area contributed by atoms with E-state index in [1.807, 2.05) is 0 Å². The quantitative estimate of drug-likeness (QED) is 0.916. The lowest BCUT2D eigenvalue weighted by Gasteiger charge is -2.33. The zero-order valence-electron chi connectivity index (χ0n) is 14.0. The van der Waals surface area contributed by atoms with E-state index in [1.165, 1.54) is 14.2 Å². The summed E-state index contributed by atoms with van der Waals surface area (Å²) >= 11 is 0. The second kappa shape index (κ2) is 6.71. The molecule has 2 aliphatic rings. The van der Waals surface area contributed by atoms with Crippen LogP contribution in [0.5, 0.6) is 11.5 Å². The summed E-state index contributed by atoms with van der Waals surface area (Å²) in [6, 6.07) is 4.26. The lowest BCUT2D eigenvalue weighted by molar-refractivity contribution is -0.141. The molecule has 3 rings (SSSR count). The molecule has 6 heteroatoms. The van der Waals surface area contributed by atoms with Crippen LogP contribution in [0.2, 0.25) is 0 Å². The van der Waals surface area contributed by atoms with Crippen molar-refractivity contribution in [1.82, 2.24) is 4.90 Å². The number of aliphatic carboxylic acids is 1. The SMILES string of the molecule is COc1ccc(OC)c(C(=O)N2C(C(=O)O)CC3CCCCC32)c1. The summed E-state index contributed by atoms with van der Waals surface area (Å²) in [5.41, 5.74) is 0.356. The molecule has 0 bridgehead atoms. The summed E-state index contributed by atoms with van der Waals surface area (Å²) in [6.07, 6.45) is 4.54. The minimum absolute atomic E-state index is 0.00302. The van der Waals surface area contributed by atoms with E-state index in [-0.39, 0.29) is 17.9 Å². The van der Waals surface area contributed by atoms with Crippen LogP contribution in [0.25, 0.3) is 0 Å². The number of hydrogen-bond donors (Lipinski definition) is 1. The van der Waals surface area contributed by atoms with Gasteiger partial charge in [0.1, 0.15) is 17.5 Å². The normalized spacial score (nSPS) is 25.9. The van der Waals surface area contributed by atoms with Crippen molar-refractivity contribution in [3.63, 3.8) is 0 Å². The summed E-state index contributed by atoms with van der Waals surface area (Å²) in [5, 5.41) is 9.60. The van der Waals surface area contributed by atoms with Gasteiger partial charge in [-0.25, -0.2) is 4.79 Å². The predicted molar refractivity (Wildman–Crippen MR) is 87.5 cm³/mol. The fraction of sp³-hybridized carbons (Fsp3) is 0.556. The van der Waals surface area contributed by atoms with E-state index in [4.69, 9.17) is 9.47 Å². The Morgan fingerprint density at radius 2 is 1.92 bits per heavy atom. The molecule has 24 heavy (non-hydrogen) atoms. The molecule has 1 saturated heterocycles. The Kier molecular flexibility index (Phi) is 4.64. The summed E-state index contributed by atoms with van der Waals surface area (Å²) in [4.78, 5) is 26.5. The topological polar surface area (TPSA) is 76.1 Å². The van der Waals surface area contributed by atoms with Crippen molar-refractivity contribution in [2.75, 3.05) is 14.2 Å². The van der Waals surface area contributed by atoms with Crippen molar-refractivity contribution in [2.24, 2.45) is 5.92 Å². The molecule has 2 fully saturated rings. The molecule has 0 radical (unpaired) electrons. The Labute approximate surface area is 141 Å². The van der Waals surface area contributed by atoms with Crippen LogP contribution in [0.15, 0.2) is 18.2 Å². The number of likely N-dealkylation sites (tertiary alicyclic amines) is 1. The minimum atomic E-state index is -0.931. The van der Waals surface area contributed by atoms with E-state index < -0.39 is 12.0 Å². The van der Waals surface area contributed by atoms with Gasteiger partial charge in [-0.3, -0.25) is 4.79 Å². The molecule has 1 N–H and O–H groups in total. The number of nitrogens with zero attached hydrogens (tertiary/aromatic N) is 1. The zero-order chi connectivity index (χ0) is 17.3. The minimum Gasteiger partial charge on any atom is -0.497 e. The predicted octanol–water partition coefficient (Wildman–Crippen LogP) is 2.56. The largest absolute Gasteiger partial charge is 0.497 e. The highest BCUT2D eigenvalue weighted by molar-refractivity contribution is 6.00.